The second-order valence-electron chi connectivity index (χ2n) is 28.3. The molecule has 0 spiro atoms. The molecule has 0 amide bonds. The monoisotopic (exact) mass is 1680 g/mol. The van der Waals surface area contributed by atoms with Crippen molar-refractivity contribution in [3.8, 4) is 0 Å². The maximum absolute atomic E-state index is 10.6. The van der Waals surface area contributed by atoms with E-state index < -0.39 is 11.1 Å². The molecule has 3 aliphatic heterocycles. The lowest BCUT2D eigenvalue weighted by Gasteiger charge is -2.34. The summed E-state index contributed by atoms with van der Waals surface area (Å²) in [6.07, 6.45) is 26.4. The maximum atomic E-state index is 10.6. The molecule has 12 aromatic heterocycles. The number of rotatable bonds is 22. The average Bonchev–Trinajstić information content (AvgIpc) is 1.53. The topological polar surface area (TPSA) is 323 Å². The van der Waals surface area contributed by atoms with Gasteiger partial charge in [0.2, 0.25) is 0 Å². The first-order valence-electron chi connectivity index (χ1n) is 35.0. The summed E-state index contributed by atoms with van der Waals surface area (Å²) < 4.78 is 10.5. The van der Waals surface area contributed by atoms with Gasteiger partial charge < -0.3 is 61.7 Å². The van der Waals surface area contributed by atoms with Gasteiger partial charge in [0.15, 0.2) is 22.6 Å². The number of nitrogens with one attached hydrogen (secondary N) is 5. The number of nitrogens with zero attached hydrogens (tertiary/aromatic N) is 19. The van der Waals surface area contributed by atoms with Crippen LogP contribution in [0, 0.1) is 17.3 Å². The van der Waals surface area contributed by atoms with Crippen molar-refractivity contribution in [3.05, 3.63) is 187 Å². The molecule has 5 atom stereocenters. The first-order valence-corrected chi connectivity index (χ1v) is 38.2. The van der Waals surface area contributed by atoms with E-state index in [4.69, 9.17) is 15.0 Å². The zero-order chi connectivity index (χ0) is 73.6. The van der Waals surface area contributed by atoms with E-state index in [-0.39, 0.29) is 31.9 Å². The Bertz CT molecular complexity index is 4890. The van der Waals surface area contributed by atoms with Crippen molar-refractivity contribution >= 4 is 133 Å². The van der Waals surface area contributed by atoms with Crippen LogP contribution in [0.15, 0.2) is 165 Å². The Morgan fingerprint density at radius 2 is 0.895 bits per heavy atom. The predicted octanol–water partition coefficient (Wildman–Crippen LogP) is 11.7. The molecule has 1 saturated carbocycles. The fourth-order valence-electron chi connectivity index (χ4n) is 14.2. The molecule has 0 aromatic carbocycles. The maximum Gasteiger partial charge on any atom is 0.173 e. The summed E-state index contributed by atoms with van der Waals surface area (Å²) in [5, 5.41) is 74.0. The van der Waals surface area contributed by atoms with Gasteiger partial charge >= 0.3 is 0 Å². The number of aliphatic hydroxyl groups excluding tert-OH is 3. The van der Waals surface area contributed by atoms with Crippen LogP contribution < -0.4 is 41.3 Å². The lowest BCUT2D eigenvalue weighted by Crippen LogP contribution is -2.46. The Balaban J connectivity index is 0.000000124. The summed E-state index contributed by atoms with van der Waals surface area (Å²) in [6, 6.07) is 24.2. The number of piperidine rings is 1. The quantitative estimate of drug-likeness (QED) is 0.0304. The molecule has 16 rings (SSSR count). The molecule has 12 aromatic rings. The summed E-state index contributed by atoms with van der Waals surface area (Å²) >= 11 is 14.1. The number of hydrogen-bond acceptors (Lipinski definition) is 24. The van der Waals surface area contributed by atoms with Crippen LogP contribution in [-0.4, -0.2) is 167 Å². The van der Waals surface area contributed by atoms with E-state index in [0.29, 0.717) is 60.9 Å². The van der Waals surface area contributed by atoms with Crippen molar-refractivity contribution in [2.24, 2.45) is 17.3 Å². The second-order valence-corrected chi connectivity index (χ2v) is 31.7. The van der Waals surface area contributed by atoms with E-state index in [0.717, 1.165) is 150 Å². The molecule has 550 valence electrons. The lowest BCUT2D eigenvalue weighted by molar-refractivity contribution is 0.0533. The Hall–Kier alpha value is -8.76. The third-order valence-electron chi connectivity index (χ3n) is 19.6. The standard InChI is InChI=1S/C20H23BrN6O.C19H23BrN6O.C18H21BrN6O.C16H19BrN6O/c1-20(2)13-10-26(15(11-28)18(13)20)17-6-16(23-8-12-4-3-5-22-7-12)27-19(25-17)14(21)9-24-27;1-19(2,27)15-6-4-8-25(15)17-9-16(22-11-13-5-3-7-21-10-13)26-18(24-17)14(20)12-23-26;19-15-12-22-25-16(21-11-13-3-1-6-20-10-13)9-17(23-18(15)25)24-7-2-4-14(24)5-8-26;1-16(2,10-24)22-13-6-14(19-8-11-4-3-5-18-7-11)23-15(21-13)12(17)9-20-23/h3-7,9,13,15,18,23,28H,8,10-11H2,1-2H3;3,5,7,9-10,12,15,22,27H,4,6,8,11H2,1-2H3;1,3,6,9-10,12,14,21,26H,2,4-5,7-8,11H2;3-7,9,19,24H,8,10H2,1-2H3,(H,21,22)/t13-,15+,18-;15-;14-;/m000./s1. The van der Waals surface area contributed by atoms with Gasteiger partial charge in [-0.15, -0.1) is 0 Å². The Morgan fingerprint density at radius 1 is 0.505 bits per heavy atom. The van der Waals surface area contributed by atoms with E-state index >= 15 is 0 Å². The van der Waals surface area contributed by atoms with Crippen LogP contribution in [0.25, 0.3) is 22.6 Å². The van der Waals surface area contributed by atoms with Crippen LogP contribution in [-0.2, 0) is 26.2 Å². The Labute approximate surface area is 641 Å². The van der Waals surface area contributed by atoms with Gasteiger partial charge in [-0.05, 0) is 187 Å². The van der Waals surface area contributed by atoms with Gasteiger partial charge in [-0.1, -0.05) is 38.1 Å². The molecule has 28 nitrogen and oxygen atoms in total. The Kier molecular flexibility index (Phi) is 23.1. The molecular weight excluding hydrogens is 1600 g/mol. The number of anilines is 8. The van der Waals surface area contributed by atoms with Crippen molar-refractivity contribution in [2.75, 3.05) is 80.7 Å². The summed E-state index contributed by atoms with van der Waals surface area (Å²) in [5.74, 6) is 7.85. The van der Waals surface area contributed by atoms with E-state index in [1.54, 1.807) is 67.6 Å². The second kappa shape index (κ2) is 32.5. The van der Waals surface area contributed by atoms with Gasteiger partial charge in [-0.2, -0.15) is 38.5 Å². The highest BCUT2D eigenvalue weighted by Crippen LogP contribution is 2.65. The van der Waals surface area contributed by atoms with Gasteiger partial charge in [0, 0.05) is 132 Å². The third kappa shape index (κ3) is 17.1. The fraction of sp³-hybridized carbons (Fsp3) is 0.397. The van der Waals surface area contributed by atoms with E-state index in [9.17, 15) is 20.4 Å². The van der Waals surface area contributed by atoms with Gasteiger partial charge in [0.25, 0.3) is 0 Å². The molecule has 0 unspecified atom stereocenters. The summed E-state index contributed by atoms with van der Waals surface area (Å²) in [5.41, 5.74) is 6.40. The zero-order valence-corrected chi connectivity index (χ0v) is 65.5. The van der Waals surface area contributed by atoms with E-state index in [2.05, 4.69) is 164 Å². The van der Waals surface area contributed by atoms with Crippen molar-refractivity contribution < 1.29 is 20.4 Å². The first kappa shape index (κ1) is 74.5. The number of halogens is 4. The van der Waals surface area contributed by atoms with Crippen molar-refractivity contribution in [1.29, 1.82) is 0 Å². The largest absolute Gasteiger partial charge is 0.396 e. The number of hydrogen-bond donors (Lipinski definition) is 9. The molecule has 32 heteroatoms. The highest BCUT2D eigenvalue weighted by atomic mass is 79.9. The molecule has 105 heavy (non-hydrogen) atoms. The minimum absolute atomic E-state index is 0.00125. The molecule has 1 aliphatic carbocycles. The molecule has 4 fully saturated rings. The van der Waals surface area contributed by atoms with Crippen LogP contribution in [0.4, 0.5) is 46.5 Å². The molecule has 15 heterocycles. The molecule has 0 bridgehead atoms. The van der Waals surface area contributed by atoms with Gasteiger partial charge in [0.05, 0.1) is 79.1 Å². The van der Waals surface area contributed by atoms with Crippen molar-refractivity contribution in [3.63, 3.8) is 0 Å². The summed E-state index contributed by atoms with van der Waals surface area (Å²) in [6.45, 7) is 17.8. The highest BCUT2D eigenvalue weighted by molar-refractivity contribution is 9.11. The van der Waals surface area contributed by atoms with Crippen molar-refractivity contribution in [2.45, 2.75) is 129 Å². The molecule has 0 radical (unpaired) electrons. The number of aromatic nitrogens is 16. The van der Waals surface area contributed by atoms with E-state index in [1.807, 2.05) is 125 Å². The van der Waals surface area contributed by atoms with Gasteiger partial charge in [-0.3, -0.25) is 19.9 Å². The molecular formula is C73H86Br4N24O4. The minimum atomic E-state index is -0.787. The van der Waals surface area contributed by atoms with E-state index in [1.165, 1.54) is 0 Å². The number of pyridine rings is 4. The summed E-state index contributed by atoms with van der Waals surface area (Å²) in [7, 11) is 0. The van der Waals surface area contributed by atoms with Crippen LogP contribution in [0.1, 0.15) is 95.9 Å². The first-order chi connectivity index (χ1) is 50.7. The Morgan fingerprint density at radius 3 is 1.29 bits per heavy atom. The lowest BCUT2D eigenvalue weighted by atomic mass is 9.97. The average molecular weight is 1680 g/mol. The SMILES string of the molecule is CC(C)(CO)Nc1cc(NCc2cccnc2)n2ncc(Br)c2n1.CC(C)(O)[C@@H]1CCCN1c1cc(NCc2cccnc2)n2ncc(Br)c2n1.CC1(C)[C@@H]2[C@@H](CO)N(c3cc(NCc4cccnc4)n4ncc(Br)c4n3)C[C@@H]21.OCC[C@@H]1CCCN1c1cc(NCc2cccnc2)n2ncc(Br)c2n1. The number of aliphatic hydroxyl groups is 4. The smallest absolute Gasteiger partial charge is 0.173 e. The third-order valence-corrected chi connectivity index (χ3v) is 21.9. The van der Waals surface area contributed by atoms with Crippen LogP contribution >= 0.6 is 63.7 Å². The van der Waals surface area contributed by atoms with Crippen molar-refractivity contribution in [1.82, 2.24) is 78.3 Å². The van der Waals surface area contributed by atoms with Crippen LogP contribution in [0.5, 0.6) is 0 Å². The molecule has 9 N–H and O–H groups in total. The predicted molar refractivity (Wildman–Crippen MR) is 422 cm³/mol. The highest BCUT2D eigenvalue weighted by Gasteiger charge is 2.66. The van der Waals surface area contributed by atoms with Gasteiger partial charge in [-0.25, -0.2) is 19.9 Å². The minimum Gasteiger partial charge on any atom is -0.396 e. The summed E-state index contributed by atoms with van der Waals surface area (Å²) in [4.78, 5) is 42.4. The van der Waals surface area contributed by atoms with Crippen LogP contribution in [0.2, 0.25) is 0 Å². The molecule has 3 saturated heterocycles. The van der Waals surface area contributed by atoms with Crippen LogP contribution in [0.3, 0.4) is 0 Å². The zero-order valence-electron chi connectivity index (χ0n) is 59.1. The van der Waals surface area contributed by atoms with Gasteiger partial charge in [0.1, 0.15) is 46.5 Å². The number of fused-ring (bicyclic) bond motifs is 5. The molecule has 4 aliphatic rings. The normalized spacial score (nSPS) is 18.2. The fourth-order valence-corrected chi connectivity index (χ4v) is 15.6.